The predicted molar refractivity (Wildman–Crippen MR) is 70.5 cm³/mol. The lowest BCUT2D eigenvalue weighted by Gasteiger charge is -2.04. The van der Waals surface area contributed by atoms with Gasteiger partial charge in [0, 0.05) is 0 Å². The number of nitrogens with zero attached hydrogens (tertiary/aromatic N) is 2. The Morgan fingerprint density at radius 2 is 2.35 bits per heavy atom. The zero-order valence-electron chi connectivity index (χ0n) is 8.77. The van der Waals surface area contributed by atoms with Crippen molar-refractivity contribution in [2.75, 3.05) is 6.26 Å². The summed E-state index contributed by atoms with van der Waals surface area (Å²) in [5.74, 6) is -1.03. The minimum absolute atomic E-state index is 0.128. The molecule has 7 heteroatoms. The molecule has 5 nitrogen and oxygen atoms in total. The summed E-state index contributed by atoms with van der Waals surface area (Å²) < 4.78 is 0.388. The number of halogens is 1. The van der Waals surface area contributed by atoms with E-state index in [1.54, 1.807) is 24.6 Å². The van der Waals surface area contributed by atoms with Crippen LogP contribution in [0.25, 0.3) is 0 Å². The molecule has 0 bridgehead atoms. The number of rotatable bonds is 2. The highest BCUT2D eigenvalue weighted by atomic mass is 79.9. The Bertz CT molecular complexity index is 511. The molecule has 0 amide bonds. The van der Waals surface area contributed by atoms with Crippen LogP contribution < -0.4 is 5.32 Å². The monoisotopic (exact) mass is 313 g/mol. The number of thioether (sulfide) groups is 1. The average Bonchev–Trinajstić information content (AvgIpc) is 2.30. The number of nitrogens with one attached hydrogen (secondary N) is 1. The maximum atomic E-state index is 10.9. The van der Waals surface area contributed by atoms with Crippen molar-refractivity contribution in [2.24, 2.45) is 4.99 Å². The molecule has 0 heterocycles. The lowest BCUT2D eigenvalue weighted by atomic mass is 10.2. The Labute approximate surface area is 111 Å². The van der Waals surface area contributed by atoms with Crippen LogP contribution in [0.5, 0.6) is 0 Å². The number of carboxylic acid groups (broad SMARTS) is 1. The number of nitriles is 1. The third-order valence-electron chi connectivity index (χ3n) is 1.79. The lowest BCUT2D eigenvalue weighted by Crippen LogP contribution is -2.12. The van der Waals surface area contributed by atoms with E-state index in [1.807, 2.05) is 0 Å². The number of amidine groups is 1. The first kappa shape index (κ1) is 13.5. The van der Waals surface area contributed by atoms with Gasteiger partial charge in [-0.1, -0.05) is 17.8 Å². The van der Waals surface area contributed by atoms with Crippen LogP contribution in [0.3, 0.4) is 0 Å². The summed E-state index contributed by atoms with van der Waals surface area (Å²) >= 11 is 4.44. The minimum Gasteiger partial charge on any atom is -0.478 e. The number of hydrogen-bond donors (Lipinski definition) is 2. The molecule has 1 rings (SSSR count). The van der Waals surface area contributed by atoms with Crippen LogP contribution in [0.2, 0.25) is 0 Å². The van der Waals surface area contributed by atoms with Crippen LogP contribution in [-0.4, -0.2) is 22.5 Å². The van der Waals surface area contributed by atoms with Crippen molar-refractivity contribution < 1.29 is 9.90 Å². The molecule has 0 saturated carbocycles. The van der Waals surface area contributed by atoms with Crippen LogP contribution >= 0.6 is 27.7 Å². The first-order chi connectivity index (χ1) is 8.10. The molecule has 0 spiro atoms. The largest absolute Gasteiger partial charge is 0.478 e. The molecule has 0 fully saturated rings. The zero-order valence-corrected chi connectivity index (χ0v) is 11.2. The Kier molecular flexibility index (Phi) is 5.00. The van der Waals surface area contributed by atoms with Crippen molar-refractivity contribution >= 4 is 44.5 Å². The fourth-order valence-corrected chi connectivity index (χ4v) is 1.91. The molecule has 0 aliphatic heterocycles. The highest BCUT2D eigenvalue weighted by Gasteiger charge is 2.11. The van der Waals surface area contributed by atoms with E-state index in [0.717, 1.165) is 0 Å². The summed E-state index contributed by atoms with van der Waals surface area (Å²) in [5, 5.41) is 20.2. The zero-order chi connectivity index (χ0) is 12.8. The Morgan fingerprint density at radius 3 is 2.88 bits per heavy atom. The predicted octanol–water partition coefficient (Wildman–Crippen LogP) is 2.57. The summed E-state index contributed by atoms with van der Waals surface area (Å²) in [5.41, 5.74) is 0.584. The van der Waals surface area contributed by atoms with Crippen molar-refractivity contribution in [1.29, 1.82) is 5.26 Å². The van der Waals surface area contributed by atoms with Crippen LogP contribution in [0, 0.1) is 11.5 Å². The number of hydrogen-bond acceptors (Lipinski definition) is 4. The average molecular weight is 314 g/mol. The summed E-state index contributed by atoms with van der Waals surface area (Å²) in [7, 11) is 0. The number of carbonyl (C=O) groups is 1. The molecule has 0 atom stereocenters. The molecule has 0 aliphatic carbocycles. The van der Waals surface area contributed by atoms with Gasteiger partial charge < -0.3 is 5.11 Å². The SMILES string of the molecule is CSC(=Nc1cccc(C(=O)O)c1Br)NC#N. The maximum absolute atomic E-state index is 10.9. The lowest BCUT2D eigenvalue weighted by molar-refractivity contribution is 0.0696. The molecular weight excluding hydrogens is 306 g/mol. The van der Waals surface area contributed by atoms with Gasteiger partial charge in [0.2, 0.25) is 0 Å². The molecule has 0 radical (unpaired) electrons. The van der Waals surface area contributed by atoms with E-state index >= 15 is 0 Å². The topological polar surface area (TPSA) is 85.5 Å². The Morgan fingerprint density at radius 1 is 1.65 bits per heavy atom. The van der Waals surface area contributed by atoms with Gasteiger partial charge in [-0.2, -0.15) is 5.26 Å². The summed E-state index contributed by atoms with van der Waals surface area (Å²) in [6.07, 6.45) is 3.52. The molecular formula is C10H8BrN3O2S. The van der Waals surface area contributed by atoms with Gasteiger partial charge in [0.1, 0.15) is 0 Å². The third-order valence-corrected chi connectivity index (χ3v) is 3.20. The molecule has 88 valence electrons. The second-order valence-electron chi connectivity index (χ2n) is 2.80. The quantitative estimate of drug-likeness (QED) is 0.379. The summed E-state index contributed by atoms with van der Waals surface area (Å²) in [6.45, 7) is 0. The van der Waals surface area contributed by atoms with Gasteiger partial charge in [-0.05, 0) is 34.3 Å². The number of aliphatic imine (C=N–C) groups is 1. The van der Waals surface area contributed by atoms with Crippen molar-refractivity contribution in [3.63, 3.8) is 0 Å². The van der Waals surface area contributed by atoms with E-state index in [2.05, 4.69) is 26.2 Å². The van der Waals surface area contributed by atoms with E-state index in [1.165, 1.54) is 17.8 Å². The van der Waals surface area contributed by atoms with Gasteiger partial charge >= 0.3 is 5.97 Å². The highest BCUT2D eigenvalue weighted by molar-refractivity contribution is 9.10. The van der Waals surface area contributed by atoms with Crippen molar-refractivity contribution in [2.45, 2.75) is 0 Å². The van der Waals surface area contributed by atoms with Gasteiger partial charge in [0.15, 0.2) is 11.4 Å². The van der Waals surface area contributed by atoms with Gasteiger partial charge in [-0.15, -0.1) is 0 Å². The van der Waals surface area contributed by atoms with Gasteiger partial charge in [-0.3, -0.25) is 5.32 Å². The fourth-order valence-electron chi connectivity index (χ4n) is 1.05. The number of benzene rings is 1. The molecule has 17 heavy (non-hydrogen) atoms. The van der Waals surface area contributed by atoms with E-state index in [9.17, 15) is 4.79 Å². The van der Waals surface area contributed by atoms with E-state index < -0.39 is 5.97 Å². The molecule has 0 unspecified atom stereocenters. The third kappa shape index (κ3) is 3.47. The van der Waals surface area contributed by atoms with Crippen molar-refractivity contribution in [3.05, 3.63) is 28.2 Å². The molecule has 1 aromatic rings. The van der Waals surface area contributed by atoms with Crippen molar-refractivity contribution in [3.8, 4) is 6.19 Å². The number of carboxylic acids is 1. The van der Waals surface area contributed by atoms with Gasteiger partial charge in [0.25, 0.3) is 0 Å². The van der Waals surface area contributed by atoms with Crippen molar-refractivity contribution in [1.82, 2.24) is 5.32 Å². The first-order valence-corrected chi connectivity index (χ1v) is 6.41. The second kappa shape index (κ2) is 6.27. The molecule has 0 aromatic heterocycles. The number of aromatic carboxylic acids is 1. The van der Waals surface area contributed by atoms with Crippen LogP contribution in [-0.2, 0) is 0 Å². The molecule has 0 saturated heterocycles. The van der Waals surface area contributed by atoms with Crippen LogP contribution in [0.15, 0.2) is 27.7 Å². The van der Waals surface area contributed by atoms with Crippen LogP contribution in [0.1, 0.15) is 10.4 Å². The van der Waals surface area contributed by atoms with E-state index in [0.29, 0.717) is 15.3 Å². The first-order valence-electron chi connectivity index (χ1n) is 4.39. The normalized spacial score (nSPS) is 10.8. The summed E-state index contributed by atoms with van der Waals surface area (Å²) in [4.78, 5) is 15.0. The maximum Gasteiger partial charge on any atom is 0.336 e. The fraction of sp³-hybridized carbons (Fsp3) is 0.100. The minimum atomic E-state index is -1.03. The van der Waals surface area contributed by atoms with Crippen LogP contribution in [0.4, 0.5) is 5.69 Å². The molecule has 1 aromatic carbocycles. The van der Waals surface area contributed by atoms with Gasteiger partial charge in [-0.25, -0.2) is 9.79 Å². The Hall–Kier alpha value is -1.52. The molecule has 0 aliphatic rings. The van der Waals surface area contributed by atoms with Gasteiger partial charge in [0.05, 0.1) is 15.7 Å². The second-order valence-corrected chi connectivity index (χ2v) is 4.39. The van der Waals surface area contributed by atoms with E-state index in [4.69, 9.17) is 10.4 Å². The standard InChI is InChI=1S/C10H8BrN3O2S/c1-17-10(13-5-12)14-7-4-2-3-6(8(7)11)9(15)16/h2-4H,1H3,(H,13,14)(H,15,16). The Balaban J connectivity index is 3.20. The molecule has 2 N–H and O–H groups in total. The summed E-state index contributed by atoms with van der Waals surface area (Å²) in [6, 6.07) is 4.73. The van der Waals surface area contributed by atoms with E-state index in [-0.39, 0.29) is 5.56 Å². The highest BCUT2D eigenvalue weighted by Crippen LogP contribution is 2.29. The smallest absolute Gasteiger partial charge is 0.336 e.